The van der Waals surface area contributed by atoms with Crippen molar-refractivity contribution in [3.05, 3.63) is 86.9 Å². The van der Waals surface area contributed by atoms with Crippen molar-refractivity contribution in [3.63, 3.8) is 0 Å². The number of nitrogens with zero attached hydrogens (tertiary/aromatic N) is 4. The third-order valence-electron chi connectivity index (χ3n) is 10.4. The van der Waals surface area contributed by atoms with Crippen molar-refractivity contribution < 1.29 is 33.8 Å². The van der Waals surface area contributed by atoms with Gasteiger partial charge in [0.1, 0.15) is 17.1 Å². The lowest BCUT2D eigenvalue weighted by molar-refractivity contribution is -0.132. The van der Waals surface area contributed by atoms with Crippen LogP contribution in [0, 0.1) is 25.2 Å². The number of methoxy groups -OCH3 is 2. The van der Waals surface area contributed by atoms with Gasteiger partial charge in [0, 0.05) is 38.7 Å². The van der Waals surface area contributed by atoms with Crippen LogP contribution in [0.3, 0.4) is 0 Å². The number of carbonyl (C=O) groups is 4. The molecule has 5 amide bonds. The highest BCUT2D eigenvalue weighted by Crippen LogP contribution is 2.24. The molecule has 1 saturated heterocycles. The second-order valence-electron chi connectivity index (χ2n) is 16.0. The summed E-state index contributed by atoms with van der Waals surface area (Å²) >= 11 is 1.48. The highest BCUT2D eigenvalue weighted by molar-refractivity contribution is 7.09. The van der Waals surface area contributed by atoms with Crippen molar-refractivity contribution in [2.24, 2.45) is 11.3 Å². The summed E-state index contributed by atoms with van der Waals surface area (Å²) < 4.78 is 10.0. The summed E-state index contributed by atoms with van der Waals surface area (Å²) in [5, 5.41) is 22.3. The molecule has 0 spiro atoms. The number of aliphatic hydroxyl groups is 1. The topological polar surface area (TPSA) is 166 Å². The van der Waals surface area contributed by atoms with Crippen molar-refractivity contribution in [3.8, 4) is 0 Å². The van der Waals surface area contributed by atoms with Crippen LogP contribution >= 0.6 is 11.3 Å². The van der Waals surface area contributed by atoms with Gasteiger partial charge in [-0.25, -0.2) is 19.6 Å². The molecule has 2 aromatic carbocycles. The maximum atomic E-state index is 14.5. The molecule has 1 aromatic heterocycles. The second-order valence-corrected chi connectivity index (χ2v) is 16.9. The number of hydrogen-bond donors (Lipinski definition) is 4. The molecular weight excluding hydrogens is 747 g/mol. The number of aryl methyl sites for hydroxylation is 2. The molecule has 0 bridgehead atoms. The normalized spacial score (nSPS) is 15.9. The number of carbonyl (C=O) groups excluding carboxylic acids is 4. The first kappa shape index (κ1) is 45.1. The monoisotopic (exact) mass is 807 g/mol. The third-order valence-corrected chi connectivity index (χ3v) is 11.3. The van der Waals surface area contributed by atoms with Crippen molar-refractivity contribution in [1.29, 1.82) is 0 Å². The Balaban J connectivity index is 1.61. The van der Waals surface area contributed by atoms with E-state index in [0.717, 1.165) is 33.0 Å². The van der Waals surface area contributed by atoms with Gasteiger partial charge in [-0.15, -0.1) is 11.3 Å². The summed E-state index contributed by atoms with van der Waals surface area (Å²) in [4.78, 5) is 62.5. The molecule has 0 radical (unpaired) electrons. The van der Waals surface area contributed by atoms with Crippen LogP contribution in [0.25, 0.3) is 0 Å². The van der Waals surface area contributed by atoms with E-state index in [1.54, 1.807) is 21.9 Å². The molecule has 5 atom stereocenters. The quantitative estimate of drug-likeness (QED) is 0.123. The number of amides is 5. The summed E-state index contributed by atoms with van der Waals surface area (Å²) in [5.41, 5.74) is 7.01. The Bertz CT molecular complexity index is 1800. The first-order valence-electron chi connectivity index (χ1n) is 19.5. The molecule has 0 aliphatic carbocycles. The van der Waals surface area contributed by atoms with Crippen molar-refractivity contribution >= 4 is 35.3 Å². The molecule has 4 N–H and O–H groups in total. The number of nitrogens with one attached hydrogen (secondary N) is 3. The van der Waals surface area contributed by atoms with E-state index in [2.05, 4.69) is 21.0 Å². The molecule has 312 valence electrons. The van der Waals surface area contributed by atoms with Crippen LogP contribution in [0.2, 0.25) is 0 Å². The number of aliphatic hydroxyl groups excluding tert-OH is 1. The lowest BCUT2D eigenvalue weighted by Gasteiger charge is -2.36. The summed E-state index contributed by atoms with van der Waals surface area (Å²) in [6, 6.07) is 12.7. The van der Waals surface area contributed by atoms with Crippen molar-refractivity contribution in [2.75, 3.05) is 33.9 Å². The van der Waals surface area contributed by atoms with Crippen LogP contribution in [0.15, 0.2) is 53.9 Å². The average Bonchev–Trinajstić information content (AvgIpc) is 3.76. The Morgan fingerprint density at radius 1 is 1.00 bits per heavy atom. The minimum absolute atomic E-state index is 0.0747. The smallest absolute Gasteiger partial charge is 0.407 e. The van der Waals surface area contributed by atoms with Gasteiger partial charge in [-0.2, -0.15) is 0 Å². The van der Waals surface area contributed by atoms with Crippen LogP contribution in [0.5, 0.6) is 0 Å². The number of aromatic nitrogens is 1. The fourth-order valence-corrected chi connectivity index (χ4v) is 7.62. The van der Waals surface area contributed by atoms with Gasteiger partial charge in [0.25, 0.3) is 5.91 Å². The molecule has 57 heavy (non-hydrogen) atoms. The van der Waals surface area contributed by atoms with Gasteiger partial charge in [0.15, 0.2) is 0 Å². The maximum Gasteiger partial charge on any atom is 0.407 e. The molecular formula is C42H61N7O7S. The fourth-order valence-electron chi connectivity index (χ4n) is 6.86. The highest BCUT2D eigenvalue weighted by Gasteiger charge is 2.41. The Kier molecular flexibility index (Phi) is 16.4. The van der Waals surface area contributed by atoms with Gasteiger partial charge in [0.05, 0.1) is 38.1 Å². The highest BCUT2D eigenvalue weighted by atomic mass is 32.1. The Morgan fingerprint density at radius 2 is 1.72 bits per heavy atom. The van der Waals surface area contributed by atoms with Crippen molar-refractivity contribution in [2.45, 2.75) is 105 Å². The number of hydrazine groups is 1. The minimum atomic E-state index is -1.18. The third kappa shape index (κ3) is 12.7. The average molecular weight is 808 g/mol. The van der Waals surface area contributed by atoms with Gasteiger partial charge < -0.3 is 35.0 Å². The zero-order valence-electron chi connectivity index (χ0n) is 34.8. The van der Waals surface area contributed by atoms with Crippen LogP contribution in [-0.2, 0) is 45.2 Å². The number of rotatable bonds is 19. The van der Waals surface area contributed by atoms with E-state index < -0.39 is 41.6 Å². The van der Waals surface area contributed by atoms with Crippen LogP contribution in [0.1, 0.15) is 74.0 Å². The van der Waals surface area contributed by atoms with Crippen molar-refractivity contribution in [1.82, 2.24) is 35.9 Å². The lowest BCUT2D eigenvalue weighted by Crippen LogP contribution is -2.60. The SMILES string of the molecule is CCC(C)C(C(=O)NC(Cc1ccccc1)C(O)CN(Cc1ccc(C)c(C)c1)NC(=O)C(NC(=O)OC)C(C)(C)C)N1CCN(Cc2csc(COC)n2)C1=O. The maximum absolute atomic E-state index is 14.5. The van der Waals surface area contributed by atoms with E-state index in [4.69, 9.17) is 9.47 Å². The molecule has 1 aliphatic rings. The molecule has 1 aliphatic heterocycles. The summed E-state index contributed by atoms with van der Waals surface area (Å²) in [7, 11) is 2.85. The van der Waals surface area contributed by atoms with E-state index in [9.17, 15) is 24.3 Å². The zero-order valence-corrected chi connectivity index (χ0v) is 35.7. The van der Waals surface area contributed by atoms with Gasteiger partial charge in [-0.1, -0.05) is 89.6 Å². The molecule has 4 rings (SSSR count). The van der Waals surface area contributed by atoms with Crippen LogP contribution in [-0.4, -0.2) is 107 Å². The number of alkyl carbamates (subject to hydrolysis) is 1. The molecule has 3 aromatic rings. The molecule has 1 fully saturated rings. The minimum Gasteiger partial charge on any atom is -0.453 e. The van der Waals surface area contributed by atoms with Gasteiger partial charge in [-0.3, -0.25) is 15.0 Å². The summed E-state index contributed by atoms with van der Waals surface area (Å²) in [6.45, 7) is 15.1. The molecule has 2 heterocycles. The number of ether oxygens (including phenoxy) is 2. The Hall–Kier alpha value is -4.57. The van der Waals surface area contributed by atoms with Crippen LogP contribution in [0.4, 0.5) is 9.59 Å². The first-order valence-corrected chi connectivity index (χ1v) is 20.4. The van der Waals surface area contributed by atoms with E-state index >= 15 is 0 Å². The number of thiazole rings is 1. The largest absolute Gasteiger partial charge is 0.453 e. The fraction of sp³-hybridized carbons (Fsp3) is 0.548. The van der Waals surface area contributed by atoms with Crippen LogP contribution < -0.4 is 16.1 Å². The summed E-state index contributed by atoms with van der Waals surface area (Å²) in [6.07, 6.45) is -0.998. The van der Waals surface area contributed by atoms with Gasteiger partial charge >= 0.3 is 12.1 Å². The zero-order chi connectivity index (χ0) is 41.9. The summed E-state index contributed by atoms with van der Waals surface area (Å²) in [5.74, 6) is -1.04. The standard InChI is InChI=1S/C42H61N7O7S/c1-10-27(2)36(49-19-18-47(41(49)54)23-32-26-57-35(43-32)25-55-8)38(51)44-33(21-30-14-12-11-13-15-30)34(50)24-48(22-31-17-16-28(3)29(4)20-31)46-39(52)37(42(5,6)7)45-40(53)56-9/h11-17,20,26-27,33-34,36-37,50H,10,18-19,21-25H2,1-9H3,(H,44,51)(H,45,53)(H,46,52). The molecule has 15 heteroatoms. The van der Waals surface area contributed by atoms with E-state index in [1.807, 2.05) is 102 Å². The van der Waals surface area contributed by atoms with E-state index in [-0.39, 0.29) is 37.4 Å². The van der Waals surface area contributed by atoms with E-state index in [1.165, 1.54) is 18.4 Å². The number of hydrogen-bond acceptors (Lipinski definition) is 10. The Labute approximate surface area is 341 Å². The predicted molar refractivity (Wildman–Crippen MR) is 220 cm³/mol. The second kappa shape index (κ2) is 20.7. The Morgan fingerprint density at radius 3 is 2.35 bits per heavy atom. The molecule has 5 unspecified atom stereocenters. The number of benzene rings is 2. The molecule has 0 saturated carbocycles. The number of urea groups is 1. The lowest BCUT2D eigenvalue weighted by atomic mass is 9.86. The van der Waals surface area contributed by atoms with Gasteiger partial charge in [-0.05, 0) is 53.9 Å². The predicted octanol–water partition coefficient (Wildman–Crippen LogP) is 4.95. The first-order chi connectivity index (χ1) is 27.0. The molecule has 14 nitrogen and oxygen atoms in total. The van der Waals surface area contributed by atoms with E-state index in [0.29, 0.717) is 32.7 Å². The van der Waals surface area contributed by atoms with Gasteiger partial charge in [0.2, 0.25) is 5.91 Å².